The van der Waals surface area contributed by atoms with E-state index in [2.05, 4.69) is 5.32 Å². The maximum absolute atomic E-state index is 12.1. The zero-order chi connectivity index (χ0) is 14.9. The molecule has 0 radical (unpaired) electrons. The number of benzene rings is 1. The summed E-state index contributed by atoms with van der Waals surface area (Å²) in [4.78, 5) is 14.2. The van der Waals surface area contributed by atoms with E-state index in [4.69, 9.17) is 0 Å². The van der Waals surface area contributed by atoms with Gasteiger partial charge in [-0.25, -0.2) is 13.2 Å². The van der Waals surface area contributed by atoms with E-state index in [0.29, 0.717) is 16.9 Å². The number of fused-ring (bicyclic) bond motifs is 2. The summed E-state index contributed by atoms with van der Waals surface area (Å²) < 4.78 is 24.2. The molecule has 2 atom stereocenters. The van der Waals surface area contributed by atoms with E-state index < -0.39 is 9.84 Å². The van der Waals surface area contributed by atoms with Crippen molar-refractivity contribution >= 4 is 15.9 Å². The topological polar surface area (TPSA) is 66.5 Å². The van der Waals surface area contributed by atoms with Crippen molar-refractivity contribution in [3.05, 3.63) is 30.3 Å². The van der Waals surface area contributed by atoms with Crippen molar-refractivity contribution in [2.24, 2.45) is 5.92 Å². The third-order valence-corrected chi connectivity index (χ3v) is 6.15. The number of amides is 2. The number of carbonyl (C=O) groups excluding carboxylic acids is 1. The number of hydrogen-bond donors (Lipinski definition) is 1. The van der Waals surface area contributed by atoms with Gasteiger partial charge in [0.1, 0.15) is 0 Å². The van der Waals surface area contributed by atoms with Crippen LogP contribution in [-0.4, -0.2) is 44.2 Å². The summed E-state index contributed by atoms with van der Waals surface area (Å²) in [5.74, 6) is 0.582. The zero-order valence-corrected chi connectivity index (χ0v) is 12.7. The van der Waals surface area contributed by atoms with Crippen LogP contribution >= 0.6 is 0 Å². The van der Waals surface area contributed by atoms with Gasteiger partial charge in [0.25, 0.3) is 0 Å². The van der Waals surface area contributed by atoms with E-state index in [1.54, 1.807) is 30.3 Å². The maximum atomic E-state index is 12.1. The minimum Gasteiger partial charge on any atom is -0.337 e. The third-order valence-electron chi connectivity index (χ3n) is 4.42. The number of sulfone groups is 1. The Kier molecular flexibility index (Phi) is 3.89. The Morgan fingerprint density at radius 1 is 1.24 bits per heavy atom. The molecule has 1 aromatic carbocycles. The van der Waals surface area contributed by atoms with Gasteiger partial charge in [-0.15, -0.1) is 0 Å². The van der Waals surface area contributed by atoms with Gasteiger partial charge < -0.3 is 10.2 Å². The highest BCUT2D eigenvalue weighted by Crippen LogP contribution is 2.37. The van der Waals surface area contributed by atoms with Crippen LogP contribution in [0.25, 0.3) is 0 Å². The molecule has 21 heavy (non-hydrogen) atoms. The number of likely N-dealkylation sites (tertiary alicyclic amines) is 1. The molecule has 1 N–H and O–H groups in total. The molecule has 2 bridgehead atoms. The van der Waals surface area contributed by atoms with E-state index in [-0.39, 0.29) is 18.3 Å². The van der Waals surface area contributed by atoms with Crippen LogP contribution in [0.5, 0.6) is 0 Å². The van der Waals surface area contributed by atoms with Crippen molar-refractivity contribution < 1.29 is 13.2 Å². The molecule has 1 aliphatic carbocycles. The molecular formula is C15H20N2O3S. The standard InChI is InChI=1S/C15H20N2O3S/c18-15(17-11-12-6-7-13(17)10-12)16-8-9-21(19,20)14-4-2-1-3-5-14/h1-5,12-13H,6-11H2,(H,16,18). The molecule has 0 aromatic heterocycles. The average Bonchev–Trinajstić information content (AvgIpc) is 3.10. The molecule has 2 fully saturated rings. The Morgan fingerprint density at radius 2 is 2.00 bits per heavy atom. The number of carbonyl (C=O) groups is 1. The number of hydrogen-bond acceptors (Lipinski definition) is 3. The number of urea groups is 1. The Bertz CT molecular complexity index is 615. The molecule has 2 unspecified atom stereocenters. The predicted molar refractivity (Wildman–Crippen MR) is 79.7 cm³/mol. The molecular weight excluding hydrogens is 288 g/mol. The van der Waals surface area contributed by atoms with E-state index in [9.17, 15) is 13.2 Å². The maximum Gasteiger partial charge on any atom is 0.317 e. The summed E-state index contributed by atoms with van der Waals surface area (Å²) in [6, 6.07) is 8.58. The van der Waals surface area contributed by atoms with Crippen LogP contribution in [0.15, 0.2) is 35.2 Å². The van der Waals surface area contributed by atoms with Crippen LogP contribution in [0.1, 0.15) is 19.3 Å². The largest absolute Gasteiger partial charge is 0.337 e. The Balaban J connectivity index is 1.51. The Morgan fingerprint density at radius 3 is 2.62 bits per heavy atom. The van der Waals surface area contributed by atoms with Crippen LogP contribution in [0.2, 0.25) is 0 Å². The normalized spacial score (nSPS) is 24.3. The fraction of sp³-hybridized carbons (Fsp3) is 0.533. The smallest absolute Gasteiger partial charge is 0.317 e. The van der Waals surface area contributed by atoms with Gasteiger partial charge in [0.05, 0.1) is 10.6 Å². The Hall–Kier alpha value is -1.56. The summed E-state index contributed by atoms with van der Waals surface area (Å²) in [6.07, 6.45) is 3.41. The number of piperidine rings is 1. The van der Waals surface area contributed by atoms with Crippen molar-refractivity contribution in [2.75, 3.05) is 18.8 Å². The van der Waals surface area contributed by atoms with Crippen LogP contribution in [0, 0.1) is 5.92 Å². The summed E-state index contributed by atoms with van der Waals surface area (Å²) >= 11 is 0. The van der Waals surface area contributed by atoms with Crippen molar-refractivity contribution in [2.45, 2.75) is 30.2 Å². The molecule has 1 aromatic rings. The van der Waals surface area contributed by atoms with E-state index in [1.165, 1.54) is 6.42 Å². The van der Waals surface area contributed by atoms with Gasteiger partial charge in [-0.05, 0) is 37.3 Å². The highest BCUT2D eigenvalue weighted by atomic mass is 32.2. The minimum atomic E-state index is -3.32. The van der Waals surface area contributed by atoms with Crippen LogP contribution in [-0.2, 0) is 9.84 Å². The molecule has 2 amide bonds. The lowest BCUT2D eigenvalue weighted by molar-refractivity contribution is 0.181. The average molecular weight is 308 g/mol. The van der Waals surface area contributed by atoms with Crippen LogP contribution in [0.3, 0.4) is 0 Å². The molecule has 0 spiro atoms. The molecule has 5 nitrogen and oxygen atoms in total. The lowest BCUT2D eigenvalue weighted by atomic mass is 10.1. The van der Waals surface area contributed by atoms with Gasteiger partial charge in [-0.1, -0.05) is 18.2 Å². The summed E-state index contributed by atoms with van der Waals surface area (Å²) in [5, 5.41) is 2.74. The van der Waals surface area contributed by atoms with Crippen LogP contribution in [0.4, 0.5) is 4.79 Å². The molecule has 1 saturated carbocycles. The third kappa shape index (κ3) is 3.05. The first-order valence-electron chi connectivity index (χ1n) is 7.38. The number of nitrogens with zero attached hydrogens (tertiary/aromatic N) is 1. The van der Waals surface area contributed by atoms with E-state index >= 15 is 0 Å². The van der Waals surface area contributed by atoms with Gasteiger partial charge in [-0.2, -0.15) is 0 Å². The van der Waals surface area contributed by atoms with Crippen molar-refractivity contribution in [3.8, 4) is 0 Å². The molecule has 6 heteroatoms. The monoisotopic (exact) mass is 308 g/mol. The first-order valence-corrected chi connectivity index (χ1v) is 9.04. The Labute approximate surface area is 125 Å². The molecule has 3 rings (SSSR count). The SMILES string of the molecule is O=C(NCCS(=O)(=O)c1ccccc1)N1CC2CCC1C2. The summed E-state index contributed by atoms with van der Waals surface area (Å²) in [6.45, 7) is 0.978. The van der Waals surface area contributed by atoms with Crippen molar-refractivity contribution in [3.63, 3.8) is 0 Å². The van der Waals surface area contributed by atoms with E-state index in [1.807, 2.05) is 4.90 Å². The second-order valence-electron chi connectivity index (χ2n) is 5.85. The minimum absolute atomic E-state index is 0.0648. The summed E-state index contributed by atoms with van der Waals surface area (Å²) in [5.41, 5.74) is 0. The van der Waals surface area contributed by atoms with E-state index in [0.717, 1.165) is 19.4 Å². The first kappa shape index (κ1) is 14.4. The van der Waals surface area contributed by atoms with Crippen molar-refractivity contribution in [1.82, 2.24) is 10.2 Å². The first-order chi connectivity index (χ1) is 10.1. The molecule has 1 saturated heterocycles. The fourth-order valence-electron chi connectivity index (χ4n) is 3.31. The van der Waals surface area contributed by atoms with Gasteiger partial charge in [0.15, 0.2) is 9.84 Å². The quantitative estimate of drug-likeness (QED) is 0.920. The number of rotatable bonds is 4. The highest BCUT2D eigenvalue weighted by molar-refractivity contribution is 7.91. The second kappa shape index (κ2) is 5.67. The van der Waals surface area contributed by atoms with Gasteiger partial charge in [0, 0.05) is 19.1 Å². The van der Waals surface area contributed by atoms with Crippen LogP contribution < -0.4 is 5.32 Å². The van der Waals surface area contributed by atoms with Gasteiger partial charge in [-0.3, -0.25) is 0 Å². The highest BCUT2D eigenvalue weighted by Gasteiger charge is 2.40. The zero-order valence-electron chi connectivity index (χ0n) is 11.9. The van der Waals surface area contributed by atoms with Crippen molar-refractivity contribution in [1.29, 1.82) is 0 Å². The van der Waals surface area contributed by atoms with Gasteiger partial charge in [0.2, 0.25) is 0 Å². The fourth-order valence-corrected chi connectivity index (χ4v) is 4.49. The summed E-state index contributed by atoms with van der Waals surface area (Å²) in [7, 11) is -3.32. The van der Waals surface area contributed by atoms with Gasteiger partial charge >= 0.3 is 6.03 Å². The molecule has 1 aliphatic heterocycles. The lowest BCUT2D eigenvalue weighted by Crippen LogP contribution is -2.45. The number of nitrogens with one attached hydrogen (secondary N) is 1. The lowest BCUT2D eigenvalue weighted by Gasteiger charge is -2.27. The molecule has 114 valence electrons. The molecule has 2 aliphatic rings. The molecule has 1 heterocycles. The predicted octanol–water partition coefficient (Wildman–Crippen LogP) is 1.65. The second-order valence-corrected chi connectivity index (χ2v) is 7.96.